The number of nitrogens with zero attached hydrogens (tertiary/aromatic N) is 1. The fourth-order valence-corrected chi connectivity index (χ4v) is 3.06. The van der Waals surface area contributed by atoms with Gasteiger partial charge in [0.25, 0.3) is 0 Å². The van der Waals surface area contributed by atoms with E-state index < -0.39 is 6.04 Å². The first kappa shape index (κ1) is 23.1. The van der Waals surface area contributed by atoms with Crippen LogP contribution in [0.25, 0.3) is 0 Å². The van der Waals surface area contributed by atoms with Crippen molar-refractivity contribution >= 4 is 48.0 Å². The summed E-state index contributed by atoms with van der Waals surface area (Å²) < 4.78 is 0. The minimum absolute atomic E-state index is 0. The molecule has 0 bridgehead atoms. The summed E-state index contributed by atoms with van der Waals surface area (Å²) in [6.45, 7) is 5.70. The Bertz CT molecular complexity index is 549. The van der Waals surface area contributed by atoms with Crippen LogP contribution in [-0.2, 0) is 9.59 Å². The van der Waals surface area contributed by atoms with Crippen molar-refractivity contribution in [1.82, 2.24) is 15.6 Å². The van der Waals surface area contributed by atoms with Crippen LogP contribution in [-0.4, -0.2) is 29.4 Å². The van der Waals surface area contributed by atoms with E-state index in [2.05, 4.69) is 15.6 Å². The fourth-order valence-electron chi connectivity index (χ4n) is 2.14. The lowest BCUT2D eigenvalue weighted by Gasteiger charge is -2.18. The number of aromatic nitrogens is 1. The molecule has 2 amide bonds. The van der Waals surface area contributed by atoms with Crippen molar-refractivity contribution < 1.29 is 9.59 Å². The molecule has 0 saturated heterocycles. The van der Waals surface area contributed by atoms with Gasteiger partial charge in [0.2, 0.25) is 11.8 Å². The molecule has 0 aromatic carbocycles. The van der Waals surface area contributed by atoms with E-state index in [1.807, 2.05) is 27.0 Å². The number of carbonyl (C=O) groups excluding carboxylic acids is 2. The molecule has 1 aliphatic carbocycles. The Balaban J connectivity index is 0.00000264. The predicted octanol–water partition coefficient (Wildman–Crippen LogP) is 1.96. The van der Waals surface area contributed by atoms with E-state index in [-0.39, 0.29) is 55.1 Å². The Hall–Kier alpha value is -0.890. The molecule has 138 valence electrons. The highest BCUT2D eigenvalue weighted by molar-refractivity contribution is 7.11. The number of halogens is 2. The number of aryl methyl sites for hydroxylation is 1. The van der Waals surface area contributed by atoms with Crippen LogP contribution in [0.5, 0.6) is 0 Å². The van der Waals surface area contributed by atoms with Crippen LogP contribution in [0.2, 0.25) is 0 Å². The molecular weight excluding hydrogens is 371 g/mol. The van der Waals surface area contributed by atoms with Crippen LogP contribution < -0.4 is 16.4 Å². The molecule has 0 spiro atoms. The second-order valence-corrected chi connectivity index (χ2v) is 7.45. The quantitative estimate of drug-likeness (QED) is 0.655. The molecule has 1 heterocycles. The number of nitrogens with one attached hydrogen (secondary N) is 2. The highest BCUT2D eigenvalue weighted by Crippen LogP contribution is 2.41. The van der Waals surface area contributed by atoms with Crippen molar-refractivity contribution in [3.05, 3.63) is 16.1 Å². The molecule has 24 heavy (non-hydrogen) atoms. The topological polar surface area (TPSA) is 97.1 Å². The SMILES string of the molecule is Cc1cnc(C(NC(=O)CNC(=O)[C@@H](N)C(C)C)C2CC2)s1.Cl.Cl. The van der Waals surface area contributed by atoms with E-state index in [1.54, 1.807) is 11.3 Å². The first-order chi connectivity index (χ1) is 10.4. The lowest BCUT2D eigenvalue weighted by Crippen LogP contribution is -2.47. The molecule has 4 N–H and O–H groups in total. The van der Waals surface area contributed by atoms with Gasteiger partial charge in [-0.25, -0.2) is 4.98 Å². The maximum Gasteiger partial charge on any atom is 0.239 e. The lowest BCUT2D eigenvalue weighted by atomic mass is 10.1. The molecule has 2 rings (SSSR count). The molecule has 0 aliphatic heterocycles. The number of hydrogen-bond acceptors (Lipinski definition) is 5. The van der Waals surface area contributed by atoms with Crippen molar-refractivity contribution in [3.63, 3.8) is 0 Å². The monoisotopic (exact) mass is 396 g/mol. The standard InChI is InChI=1S/C15H24N4O2S.2ClH/c1-8(2)12(16)14(21)17-7-11(20)19-13(10-4-5-10)15-18-6-9(3)22-15;;/h6,8,10,12-13H,4-5,7,16H2,1-3H3,(H,17,21)(H,19,20);2*1H/t12-,13?;;/m0../s1. The molecule has 1 aliphatic rings. The Labute approximate surface area is 159 Å². The second-order valence-electron chi connectivity index (χ2n) is 6.18. The van der Waals surface area contributed by atoms with E-state index in [9.17, 15) is 9.59 Å². The normalized spacial score (nSPS) is 15.7. The number of thiazole rings is 1. The second kappa shape index (κ2) is 10.2. The van der Waals surface area contributed by atoms with Crippen LogP contribution in [0.3, 0.4) is 0 Å². The summed E-state index contributed by atoms with van der Waals surface area (Å²) in [6, 6.07) is -0.629. The lowest BCUT2D eigenvalue weighted by molar-refractivity contribution is -0.127. The minimum atomic E-state index is -0.589. The van der Waals surface area contributed by atoms with Crippen molar-refractivity contribution in [2.24, 2.45) is 17.6 Å². The summed E-state index contributed by atoms with van der Waals surface area (Å²) in [5, 5.41) is 6.52. The van der Waals surface area contributed by atoms with Crippen molar-refractivity contribution in [2.75, 3.05) is 6.54 Å². The summed E-state index contributed by atoms with van der Waals surface area (Å²) in [5.74, 6) is 0.0102. The molecule has 1 unspecified atom stereocenters. The molecular formula is C15H26Cl2N4O2S. The Kier molecular flexibility index (Phi) is 9.80. The van der Waals surface area contributed by atoms with Crippen LogP contribution in [0.1, 0.15) is 42.6 Å². The van der Waals surface area contributed by atoms with Crippen LogP contribution in [0, 0.1) is 18.8 Å². The van der Waals surface area contributed by atoms with E-state index >= 15 is 0 Å². The molecule has 2 atom stereocenters. The van der Waals surface area contributed by atoms with Crippen molar-refractivity contribution in [2.45, 2.75) is 45.7 Å². The molecule has 6 nitrogen and oxygen atoms in total. The van der Waals surface area contributed by atoms with Gasteiger partial charge >= 0.3 is 0 Å². The number of amides is 2. The first-order valence-corrected chi connectivity index (χ1v) is 8.45. The number of carbonyl (C=O) groups is 2. The zero-order valence-electron chi connectivity index (χ0n) is 14.1. The molecule has 1 saturated carbocycles. The van der Waals surface area contributed by atoms with Gasteiger partial charge in [-0.2, -0.15) is 0 Å². The molecule has 1 fully saturated rings. The van der Waals surface area contributed by atoms with Crippen molar-refractivity contribution in [3.8, 4) is 0 Å². The third-order valence-corrected chi connectivity index (χ3v) is 4.76. The summed E-state index contributed by atoms with van der Waals surface area (Å²) in [4.78, 5) is 29.3. The maximum atomic E-state index is 12.1. The van der Waals surface area contributed by atoms with Crippen LogP contribution in [0.15, 0.2) is 6.20 Å². The summed E-state index contributed by atoms with van der Waals surface area (Å²) >= 11 is 1.61. The van der Waals surface area contributed by atoms with E-state index in [4.69, 9.17) is 5.73 Å². The van der Waals surface area contributed by atoms with Gasteiger partial charge in [-0.15, -0.1) is 36.2 Å². The molecule has 1 aromatic heterocycles. The molecule has 1 aromatic rings. The van der Waals surface area contributed by atoms with Crippen molar-refractivity contribution in [1.29, 1.82) is 0 Å². The first-order valence-electron chi connectivity index (χ1n) is 7.63. The van der Waals surface area contributed by atoms with Gasteiger partial charge in [0.05, 0.1) is 18.6 Å². The van der Waals surface area contributed by atoms with E-state index in [1.165, 1.54) is 0 Å². The highest BCUT2D eigenvalue weighted by Gasteiger charge is 2.35. The third-order valence-electron chi connectivity index (χ3n) is 3.76. The van der Waals surface area contributed by atoms with E-state index in [0.717, 1.165) is 22.7 Å². The summed E-state index contributed by atoms with van der Waals surface area (Å²) in [7, 11) is 0. The number of rotatable bonds is 7. The summed E-state index contributed by atoms with van der Waals surface area (Å²) in [5.41, 5.74) is 5.75. The van der Waals surface area contributed by atoms with Gasteiger partial charge in [0.1, 0.15) is 5.01 Å². The van der Waals surface area contributed by atoms with Crippen LogP contribution >= 0.6 is 36.2 Å². The minimum Gasteiger partial charge on any atom is -0.346 e. The van der Waals surface area contributed by atoms with Gasteiger partial charge in [0.15, 0.2) is 0 Å². The average Bonchev–Trinajstić information content (AvgIpc) is 3.22. The molecule has 0 radical (unpaired) electrons. The predicted molar refractivity (Wildman–Crippen MR) is 101 cm³/mol. The van der Waals surface area contributed by atoms with Gasteiger partial charge < -0.3 is 16.4 Å². The highest BCUT2D eigenvalue weighted by atomic mass is 35.5. The number of hydrogen-bond donors (Lipinski definition) is 3. The Morgan fingerprint density at radius 1 is 1.38 bits per heavy atom. The Morgan fingerprint density at radius 2 is 2.00 bits per heavy atom. The molecule has 9 heteroatoms. The van der Waals surface area contributed by atoms with Gasteiger partial charge in [-0.1, -0.05) is 13.8 Å². The fraction of sp³-hybridized carbons (Fsp3) is 0.667. The van der Waals surface area contributed by atoms with Gasteiger partial charge in [-0.05, 0) is 31.6 Å². The maximum absolute atomic E-state index is 12.1. The number of nitrogens with two attached hydrogens (primary N) is 1. The van der Waals surface area contributed by atoms with Gasteiger partial charge in [-0.3, -0.25) is 9.59 Å². The average molecular weight is 397 g/mol. The van der Waals surface area contributed by atoms with Gasteiger partial charge in [0, 0.05) is 11.1 Å². The Morgan fingerprint density at radius 3 is 2.46 bits per heavy atom. The van der Waals surface area contributed by atoms with E-state index in [0.29, 0.717) is 5.92 Å². The van der Waals surface area contributed by atoms with Crippen LogP contribution in [0.4, 0.5) is 0 Å². The summed E-state index contributed by atoms with van der Waals surface area (Å²) in [6.07, 6.45) is 4.04. The smallest absolute Gasteiger partial charge is 0.239 e. The largest absolute Gasteiger partial charge is 0.346 e. The third kappa shape index (κ3) is 6.55. The zero-order chi connectivity index (χ0) is 16.3. The zero-order valence-corrected chi connectivity index (χ0v) is 16.5.